The predicted molar refractivity (Wildman–Crippen MR) is 87.6 cm³/mol. The molecule has 0 radical (unpaired) electrons. The minimum atomic E-state index is 0.636. The van der Waals surface area contributed by atoms with Crippen LogP contribution < -0.4 is 4.80 Å². The zero-order valence-corrected chi connectivity index (χ0v) is 13.3. The normalized spacial score (nSPS) is 18.1. The van der Waals surface area contributed by atoms with Gasteiger partial charge in [0.2, 0.25) is 4.80 Å². The molecule has 0 atom stereocenters. The molecule has 0 N–H and O–H groups in total. The van der Waals surface area contributed by atoms with Crippen LogP contribution in [0.3, 0.4) is 0 Å². The van der Waals surface area contributed by atoms with Crippen LogP contribution in [0.4, 0.5) is 0 Å². The van der Waals surface area contributed by atoms with Gasteiger partial charge in [-0.15, -0.1) is 22.7 Å². The van der Waals surface area contributed by atoms with Gasteiger partial charge in [-0.25, -0.2) is 4.68 Å². The van der Waals surface area contributed by atoms with E-state index in [2.05, 4.69) is 34.1 Å². The van der Waals surface area contributed by atoms with Crippen molar-refractivity contribution in [2.45, 2.75) is 32.1 Å². The Morgan fingerprint density at radius 1 is 1.25 bits per heavy atom. The molecule has 20 heavy (non-hydrogen) atoms. The second kappa shape index (κ2) is 6.50. The van der Waals surface area contributed by atoms with Gasteiger partial charge in [0.15, 0.2) is 0 Å². The Hall–Kier alpha value is -1.20. The fourth-order valence-corrected chi connectivity index (χ4v) is 4.20. The lowest BCUT2D eigenvalue weighted by atomic mass is 9.90. The molecule has 0 unspecified atom stereocenters. The summed E-state index contributed by atoms with van der Waals surface area (Å²) in [5, 5.41) is 8.98. The van der Waals surface area contributed by atoms with Crippen LogP contribution >= 0.6 is 22.7 Å². The zero-order valence-electron chi connectivity index (χ0n) is 11.7. The molecule has 0 bridgehead atoms. The molecular weight excluding hydrogens is 286 g/mol. The van der Waals surface area contributed by atoms with Crippen LogP contribution in [-0.4, -0.2) is 17.9 Å². The van der Waals surface area contributed by atoms with Crippen molar-refractivity contribution in [1.82, 2.24) is 4.68 Å². The smallest absolute Gasteiger partial charge is 0.205 e. The topological polar surface area (TPSA) is 29.6 Å². The van der Waals surface area contributed by atoms with E-state index in [9.17, 15) is 0 Å². The van der Waals surface area contributed by atoms with Gasteiger partial charge in [-0.3, -0.25) is 4.99 Å². The number of thiophene rings is 1. The first kappa shape index (κ1) is 13.8. The van der Waals surface area contributed by atoms with Crippen LogP contribution in [0.25, 0.3) is 10.6 Å². The van der Waals surface area contributed by atoms with Crippen molar-refractivity contribution in [3.05, 3.63) is 27.7 Å². The van der Waals surface area contributed by atoms with Gasteiger partial charge in [-0.1, -0.05) is 25.3 Å². The molecule has 0 amide bonds. The lowest BCUT2D eigenvalue weighted by Crippen LogP contribution is -2.14. The molecule has 0 aromatic carbocycles. The molecule has 0 aliphatic heterocycles. The summed E-state index contributed by atoms with van der Waals surface area (Å²) in [6.07, 6.45) is 8.76. The van der Waals surface area contributed by atoms with Crippen LogP contribution in [0.2, 0.25) is 0 Å². The SMILES string of the molecule is CN=c1scc(-c2cccs2)n1N=CC1CCCCC1. The number of nitrogens with zero attached hydrogens (tertiary/aromatic N) is 3. The molecule has 2 aromatic heterocycles. The van der Waals surface area contributed by atoms with Crippen molar-refractivity contribution < 1.29 is 0 Å². The Labute approximate surface area is 127 Å². The number of hydrogen-bond donors (Lipinski definition) is 0. The van der Waals surface area contributed by atoms with Crippen molar-refractivity contribution in [2.24, 2.45) is 16.0 Å². The van der Waals surface area contributed by atoms with E-state index in [-0.39, 0.29) is 0 Å². The monoisotopic (exact) mass is 305 g/mol. The highest BCUT2D eigenvalue weighted by Gasteiger charge is 2.12. The summed E-state index contributed by atoms with van der Waals surface area (Å²) in [5.74, 6) is 0.636. The molecule has 0 spiro atoms. The third-order valence-electron chi connectivity index (χ3n) is 3.69. The van der Waals surface area contributed by atoms with Gasteiger partial charge in [0, 0.05) is 18.6 Å². The summed E-state index contributed by atoms with van der Waals surface area (Å²) in [4.78, 5) is 6.54. The highest BCUT2D eigenvalue weighted by Crippen LogP contribution is 2.26. The average molecular weight is 305 g/mol. The Kier molecular flexibility index (Phi) is 4.47. The van der Waals surface area contributed by atoms with Crippen molar-refractivity contribution in [3.63, 3.8) is 0 Å². The maximum Gasteiger partial charge on any atom is 0.205 e. The van der Waals surface area contributed by atoms with E-state index in [1.807, 2.05) is 11.7 Å². The maximum atomic E-state index is 4.73. The van der Waals surface area contributed by atoms with Crippen molar-refractivity contribution in [1.29, 1.82) is 0 Å². The fourth-order valence-electron chi connectivity index (χ4n) is 2.60. The number of rotatable bonds is 3. The van der Waals surface area contributed by atoms with E-state index in [0.29, 0.717) is 5.92 Å². The molecule has 3 nitrogen and oxygen atoms in total. The van der Waals surface area contributed by atoms with Gasteiger partial charge in [0.25, 0.3) is 0 Å². The summed E-state index contributed by atoms with van der Waals surface area (Å²) < 4.78 is 1.99. The molecular formula is C15H19N3S2. The molecule has 2 aromatic rings. The van der Waals surface area contributed by atoms with E-state index in [0.717, 1.165) is 10.5 Å². The lowest BCUT2D eigenvalue weighted by Gasteiger charge is -2.16. The molecule has 3 rings (SSSR count). The minimum absolute atomic E-state index is 0.636. The average Bonchev–Trinajstić information content (AvgIpc) is 3.14. The van der Waals surface area contributed by atoms with Gasteiger partial charge in [0.05, 0.1) is 10.6 Å². The zero-order chi connectivity index (χ0) is 13.8. The van der Waals surface area contributed by atoms with E-state index < -0.39 is 0 Å². The first-order chi connectivity index (χ1) is 9.88. The first-order valence-corrected chi connectivity index (χ1v) is 8.86. The van der Waals surface area contributed by atoms with Crippen molar-refractivity contribution in [2.75, 3.05) is 7.05 Å². The van der Waals surface area contributed by atoms with E-state index in [1.165, 1.54) is 37.0 Å². The minimum Gasteiger partial charge on any atom is -0.261 e. The molecule has 1 aliphatic carbocycles. The quantitative estimate of drug-likeness (QED) is 0.760. The largest absolute Gasteiger partial charge is 0.261 e. The van der Waals surface area contributed by atoms with Gasteiger partial charge in [-0.2, -0.15) is 5.10 Å². The Morgan fingerprint density at radius 3 is 2.80 bits per heavy atom. The highest BCUT2D eigenvalue weighted by atomic mass is 32.1. The lowest BCUT2D eigenvalue weighted by molar-refractivity contribution is 0.443. The van der Waals surface area contributed by atoms with Gasteiger partial charge >= 0.3 is 0 Å². The molecule has 1 aliphatic rings. The second-order valence-corrected chi connectivity index (χ2v) is 6.86. The summed E-state index contributed by atoms with van der Waals surface area (Å²) in [7, 11) is 1.83. The molecule has 106 valence electrons. The van der Waals surface area contributed by atoms with E-state index in [4.69, 9.17) is 5.10 Å². The van der Waals surface area contributed by atoms with Gasteiger partial charge < -0.3 is 0 Å². The number of thiazole rings is 1. The van der Waals surface area contributed by atoms with E-state index in [1.54, 1.807) is 22.7 Å². The Balaban J connectivity index is 1.91. The van der Waals surface area contributed by atoms with Gasteiger partial charge in [0.1, 0.15) is 0 Å². The van der Waals surface area contributed by atoms with Crippen LogP contribution in [0.15, 0.2) is 33.0 Å². The molecule has 2 heterocycles. The summed E-state index contributed by atoms with van der Waals surface area (Å²) >= 11 is 3.40. The number of hydrogen-bond acceptors (Lipinski definition) is 4. The molecule has 1 saturated carbocycles. The fraction of sp³-hybridized carbons (Fsp3) is 0.467. The first-order valence-electron chi connectivity index (χ1n) is 7.10. The summed E-state index contributed by atoms with van der Waals surface area (Å²) in [6, 6.07) is 4.22. The summed E-state index contributed by atoms with van der Waals surface area (Å²) in [5.41, 5.74) is 1.15. The van der Waals surface area contributed by atoms with Crippen LogP contribution in [0, 0.1) is 5.92 Å². The third-order valence-corrected chi connectivity index (χ3v) is 5.49. The Morgan fingerprint density at radius 2 is 2.10 bits per heavy atom. The molecule has 1 fully saturated rings. The molecule has 5 heteroatoms. The number of aromatic nitrogens is 1. The standard InChI is InChI=1S/C15H19N3S2/c1-16-15-18(17-10-12-6-3-2-4-7-12)13(11-20-15)14-8-5-9-19-14/h5,8-12H,2-4,6-7H2,1H3. The predicted octanol–water partition coefficient (Wildman–Crippen LogP) is 4.22. The highest BCUT2D eigenvalue weighted by molar-refractivity contribution is 7.14. The maximum absolute atomic E-state index is 4.73. The third kappa shape index (κ3) is 2.94. The Bertz CT molecular complexity index is 628. The molecule has 0 saturated heterocycles. The van der Waals surface area contributed by atoms with Crippen LogP contribution in [0.1, 0.15) is 32.1 Å². The second-order valence-electron chi connectivity index (χ2n) is 5.08. The summed E-state index contributed by atoms with van der Waals surface area (Å²) in [6.45, 7) is 0. The van der Waals surface area contributed by atoms with Gasteiger partial charge in [-0.05, 0) is 30.2 Å². The van der Waals surface area contributed by atoms with Crippen molar-refractivity contribution >= 4 is 28.9 Å². The van der Waals surface area contributed by atoms with Crippen LogP contribution in [-0.2, 0) is 0 Å². The van der Waals surface area contributed by atoms with E-state index >= 15 is 0 Å². The van der Waals surface area contributed by atoms with Crippen molar-refractivity contribution in [3.8, 4) is 10.6 Å². The van der Waals surface area contributed by atoms with Crippen LogP contribution in [0.5, 0.6) is 0 Å².